The van der Waals surface area contributed by atoms with Crippen molar-refractivity contribution in [2.75, 3.05) is 46.3 Å². The first-order valence-corrected chi connectivity index (χ1v) is 9.93. The molecule has 1 aromatic carbocycles. The zero-order chi connectivity index (χ0) is 18.1. The Bertz CT molecular complexity index is 802. The zero-order valence-electron chi connectivity index (χ0n) is 16.1. The third-order valence-corrected chi connectivity index (χ3v) is 6.10. The summed E-state index contributed by atoms with van der Waals surface area (Å²) in [6.45, 7) is 6.06. The first-order valence-electron chi connectivity index (χ1n) is 9.93. The number of nitrogens with one attached hydrogen (secondary N) is 1. The Balaban J connectivity index is 1.42. The van der Waals surface area contributed by atoms with Gasteiger partial charge in [0, 0.05) is 68.5 Å². The van der Waals surface area contributed by atoms with Gasteiger partial charge in [0.1, 0.15) is 0 Å². The number of likely N-dealkylation sites (N-methyl/N-ethyl adjacent to an activating group) is 1. The van der Waals surface area contributed by atoms with E-state index in [-0.39, 0.29) is 5.91 Å². The standard InChI is InChI=1S/C21H30N4O/c1-23-11-13-25(14-12-23)10-9-22-21(26)16-7-8-20-18(15-16)17-5-3-4-6-19(17)24(20)2/h7-8,15H,3-6,9-14H2,1-2H3,(H,22,26). The van der Waals surface area contributed by atoms with Gasteiger partial charge in [-0.1, -0.05) is 0 Å². The van der Waals surface area contributed by atoms with Crippen LogP contribution in [0.15, 0.2) is 18.2 Å². The molecule has 0 saturated carbocycles. The number of benzene rings is 1. The zero-order valence-corrected chi connectivity index (χ0v) is 16.1. The molecule has 26 heavy (non-hydrogen) atoms. The molecule has 4 rings (SSSR count). The number of nitrogens with zero attached hydrogens (tertiary/aromatic N) is 3. The number of hydrogen-bond acceptors (Lipinski definition) is 3. The topological polar surface area (TPSA) is 40.5 Å². The molecule has 1 aliphatic carbocycles. The number of carbonyl (C=O) groups is 1. The van der Waals surface area contributed by atoms with Crippen LogP contribution < -0.4 is 5.32 Å². The highest BCUT2D eigenvalue weighted by atomic mass is 16.1. The fourth-order valence-corrected chi connectivity index (χ4v) is 4.41. The second-order valence-electron chi connectivity index (χ2n) is 7.82. The molecule has 0 unspecified atom stereocenters. The van der Waals surface area contributed by atoms with Gasteiger partial charge in [0.05, 0.1) is 0 Å². The lowest BCUT2D eigenvalue weighted by Crippen LogP contribution is -2.46. The van der Waals surface area contributed by atoms with Gasteiger partial charge < -0.3 is 14.8 Å². The molecule has 0 atom stereocenters. The van der Waals surface area contributed by atoms with Crippen LogP contribution in [-0.2, 0) is 19.9 Å². The molecule has 2 aliphatic rings. The van der Waals surface area contributed by atoms with Crippen molar-refractivity contribution in [1.29, 1.82) is 0 Å². The van der Waals surface area contributed by atoms with Crippen LogP contribution >= 0.6 is 0 Å². The van der Waals surface area contributed by atoms with Gasteiger partial charge in [0.15, 0.2) is 0 Å². The van der Waals surface area contributed by atoms with Crippen molar-refractivity contribution in [1.82, 2.24) is 19.7 Å². The summed E-state index contributed by atoms with van der Waals surface area (Å²) < 4.78 is 2.32. The van der Waals surface area contributed by atoms with Crippen molar-refractivity contribution in [2.45, 2.75) is 25.7 Å². The second kappa shape index (κ2) is 7.41. The summed E-state index contributed by atoms with van der Waals surface area (Å²) in [6.07, 6.45) is 4.83. The maximum Gasteiger partial charge on any atom is 0.251 e. The maximum atomic E-state index is 12.6. The van der Waals surface area contributed by atoms with Gasteiger partial charge >= 0.3 is 0 Å². The average molecular weight is 354 g/mol. The largest absolute Gasteiger partial charge is 0.351 e. The summed E-state index contributed by atoms with van der Waals surface area (Å²) >= 11 is 0. The van der Waals surface area contributed by atoms with Gasteiger partial charge in [0.2, 0.25) is 0 Å². The molecule has 1 aliphatic heterocycles. The Hall–Kier alpha value is -1.85. The predicted molar refractivity (Wildman–Crippen MR) is 106 cm³/mol. The van der Waals surface area contributed by atoms with Gasteiger partial charge in [-0.3, -0.25) is 9.69 Å². The van der Waals surface area contributed by atoms with E-state index in [1.165, 1.54) is 35.0 Å². The minimum atomic E-state index is 0.0504. The Morgan fingerprint density at radius 3 is 2.65 bits per heavy atom. The van der Waals surface area contributed by atoms with E-state index >= 15 is 0 Å². The van der Waals surface area contributed by atoms with Crippen molar-refractivity contribution < 1.29 is 4.79 Å². The van der Waals surface area contributed by atoms with E-state index in [2.05, 4.69) is 45.9 Å². The lowest BCUT2D eigenvalue weighted by Gasteiger charge is -2.32. The molecule has 1 fully saturated rings. The van der Waals surface area contributed by atoms with E-state index in [4.69, 9.17) is 0 Å². The molecule has 0 spiro atoms. The quantitative estimate of drug-likeness (QED) is 0.913. The summed E-state index contributed by atoms with van der Waals surface area (Å²) in [5, 5.41) is 4.38. The Kier molecular flexibility index (Phi) is 5.00. The Morgan fingerprint density at radius 1 is 1.08 bits per heavy atom. The number of aromatic nitrogens is 1. The number of piperazine rings is 1. The molecule has 1 amide bonds. The van der Waals surface area contributed by atoms with Gasteiger partial charge in [0.25, 0.3) is 5.91 Å². The van der Waals surface area contributed by atoms with Crippen molar-refractivity contribution in [3.63, 3.8) is 0 Å². The van der Waals surface area contributed by atoms with E-state index in [0.717, 1.165) is 51.1 Å². The first kappa shape index (κ1) is 17.6. The van der Waals surface area contributed by atoms with Gasteiger partial charge in [-0.2, -0.15) is 0 Å². The number of rotatable bonds is 4. The van der Waals surface area contributed by atoms with Crippen molar-refractivity contribution in [3.05, 3.63) is 35.0 Å². The van der Waals surface area contributed by atoms with Crippen molar-refractivity contribution >= 4 is 16.8 Å². The lowest BCUT2D eigenvalue weighted by atomic mass is 9.95. The van der Waals surface area contributed by atoms with Gasteiger partial charge in [-0.25, -0.2) is 0 Å². The monoisotopic (exact) mass is 354 g/mol. The highest BCUT2D eigenvalue weighted by Crippen LogP contribution is 2.31. The molecule has 1 saturated heterocycles. The van der Waals surface area contributed by atoms with Crippen LogP contribution in [0, 0.1) is 0 Å². The molecule has 0 radical (unpaired) electrons. The first-order chi connectivity index (χ1) is 12.6. The summed E-state index contributed by atoms with van der Waals surface area (Å²) in [5.41, 5.74) is 4.96. The highest BCUT2D eigenvalue weighted by molar-refractivity contribution is 5.99. The van der Waals surface area contributed by atoms with Crippen LogP contribution in [0.25, 0.3) is 10.9 Å². The van der Waals surface area contributed by atoms with E-state index < -0.39 is 0 Å². The van der Waals surface area contributed by atoms with Crippen LogP contribution in [0.1, 0.15) is 34.5 Å². The summed E-state index contributed by atoms with van der Waals surface area (Å²) in [7, 11) is 4.32. The summed E-state index contributed by atoms with van der Waals surface area (Å²) in [5.74, 6) is 0.0504. The number of hydrogen-bond donors (Lipinski definition) is 1. The fourth-order valence-electron chi connectivity index (χ4n) is 4.41. The molecule has 5 nitrogen and oxygen atoms in total. The van der Waals surface area contributed by atoms with E-state index in [1.54, 1.807) is 0 Å². The van der Waals surface area contributed by atoms with Crippen LogP contribution in [0.4, 0.5) is 0 Å². The van der Waals surface area contributed by atoms with E-state index in [1.807, 2.05) is 6.07 Å². The Morgan fingerprint density at radius 2 is 1.85 bits per heavy atom. The minimum absolute atomic E-state index is 0.0504. The third kappa shape index (κ3) is 3.38. The molecule has 2 aromatic rings. The molecule has 5 heteroatoms. The molecular weight excluding hydrogens is 324 g/mol. The third-order valence-electron chi connectivity index (χ3n) is 6.10. The number of amides is 1. The molecule has 2 heterocycles. The summed E-state index contributed by atoms with van der Waals surface area (Å²) in [4.78, 5) is 17.4. The number of fused-ring (bicyclic) bond motifs is 3. The predicted octanol–water partition coefficient (Wildman–Crippen LogP) is 2.03. The van der Waals surface area contributed by atoms with Gasteiger partial charge in [-0.05, 0) is 56.5 Å². The van der Waals surface area contributed by atoms with Gasteiger partial charge in [-0.15, -0.1) is 0 Å². The minimum Gasteiger partial charge on any atom is -0.351 e. The molecule has 140 valence electrons. The lowest BCUT2D eigenvalue weighted by molar-refractivity contribution is 0.0941. The Labute approximate surface area is 155 Å². The average Bonchev–Trinajstić information content (AvgIpc) is 2.96. The number of carbonyl (C=O) groups excluding carboxylic acids is 1. The SMILES string of the molecule is CN1CCN(CCNC(=O)c2ccc3c(c2)c2c(n3C)CCCC2)CC1. The summed E-state index contributed by atoms with van der Waals surface area (Å²) in [6, 6.07) is 6.19. The van der Waals surface area contributed by atoms with Crippen molar-refractivity contribution in [2.24, 2.45) is 7.05 Å². The van der Waals surface area contributed by atoms with Crippen LogP contribution in [0.2, 0.25) is 0 Å². The normalized spacial score (nSPS) is 18.8. The van der Waals surface area contributed by atoms with Crippen LogP contribution in [-0.4, -0.2) is 66.6 Å². The molecule has 1 aromatic heterocycles. The highest BCUT2D eigenvalue weighted by Gasteiger charge is 2.19. The van der Waals surface area contributed by atoms with E-state index in [0.29, 0.717) is 6.54 Å². The van der Waals surface area contributed by atoms with Crippen molar-refractivity contribution in [3.8, 4) is 0 Å². The molecule has 0 bridgehead atoms. The van der Waals surface area contributed by atoms with Crippen LogP contribution in [0.3, 0.4) is 0 Å². The van der Waals surface area contributed by atoms with Crippen LogP contribution in [0.5, 0.6) is 0 Å². The molecule has 1 N–H and O–H groups in total. The second-order valence-corrected chi connectivity index (χ2v) is 7.82. The maximum absolute atomic E-state index is 12.6. The molecular formula is C21H30N4O. The van der Waals surface area contributed by atoms with E-state index in [9.17, 15) is 4.79 Å². The fraction of sp³-hybridized carbons (Fsp3) is 0.571. The smallest absolute Gasteiger partial charge is 0.251 e. The number of aryl methyl sites for hydroxylation is 2.